The molecule has 0 bridgehead atoms. The molecule has 0 amide bonds. The van der Waals surface area contributed by atoms with E-state index < -0.39 is 0 Å². The van der Waals surface area contributed by atoms with E-state index in [2.05, 4.69) is 49.2 Å². The van der Waals surface area contributed by atoms with Gasteiger partial charge in [0.25, 0.3) is 0 Å². The molecule has 3 nitrogen and oxygen atoms in total. The van der Waals surface area contributed by atoms with Crippen LogP contribution in [-0.4, -0.2) is 31.8 Å². The predicted octanol–water partition coefficient (Wildman–Crippen LogP) is 3.84. The van der Waals surface area contributed by atoms with Gasteiger partial charge in [-0.15, -0.1) is 0 Å². The van der Waals surface area contributed by atoms with Gasteiger partial charge in [0.05, 0.1) is 5.60 Å². The van der Waals surface area contributed by atoms with Crippen molar-refractivity contribution in [1.29, 1.82) is 0 Å². The molecule has 1 aromatic carbocycles. The third-order valence-electron chi connectivity index (χ3n) is 4.25. The quantitative estimate of drug-likeness (QED) is 0.894. The standard InChI is InChI=1S/C17H27ClN2O/c1-13(2)19-11-14-6-7-15(10-16(14)18)20-9-5-8-17(3,12-20)21-4/h6-7,10,13,19H,5,8-9,11-12H2,1-4H3. The lowest BCUT2D eigenvalue weighted by Crippen LogP contribution is -2.47. The minimum atomic E-state index is -0.0530. The van der Waals surface area contributed by atoms with Crippen LogP contribution in [0.1, 0.15) is 39.2 Å². The highest BCUT2D eigenvalue weighted by atomic mass is 35.5. The summed E-state index contributed by atoms with van der Waals surface area (Å²) in [6.07, 6.45) is 2.27. The Balaban J connectivity index is 2.09. The highest BCUT2D eigenvalue weighted by Gasteiger charge is 2.30. The third kappa shape index (κ3) is 4.35. The minimum Gasteiger partial charge on any atom is -0.377 e. The number of hydrogen-bond donors (Lipinski definition) is 1. The Morgan fingerprint density at radius 1 is 1.43 bits per heavy atom. The van der Waals surface area contributed by atoms with Gasteiger partial charge in [0.2, 0.25) is 0 Å². The molecule has 1 aliphatic rings. The molecule has 1 N–H and O–H groups in total. The van der Waals surface area contributed by atoms with E-state index in [1.807, 2.05) is 0 Å². The van der Waals surface area contributed by atoms with Gasteiger partial charge in [-0.05, 0) is 37.5 Å². The molecule has 1 atom stereocenters. The second kappa shape index (κ2) is 6.99. The van der Waals surface area contributed by atoms with Crippen molar-refractivity contribution in [3.05, 3.63) is 28.8 Å². The van der Waals surface area contributed by atoms with Gasteiger partial charge in [-0.3, -0.25) is 0 Å². The summed E-state index contributed by atoms with van der Waals surface area (Å²) < 4.78 is 5.66. The second-order valence-electron chi connectivity index (χ2n) is 6.49. The largest absolute Gasteiger partial charge is 0.377 e. The lowest BCUT2D eigenvalue weighted by Gasteiger charge is -2.40. The Kier molecular flexibility index (Phi) is 5.53. The van der Waals surface area contributed by atoms with Crippen LogP contribution in [0.15, 0.2) is 18.2 Å². The summed E-state index contributed by atoms with van der Waals surface area (Å²) in [5, 5.41) is 4.24. The van der Waals surface area contributed by atoms with Crippen molar-refractivity contribution in [2.75, 3.05) is 25.1 Å². The van der Waals surface area contributed by atoms with Crippen LogP contribution >= 0.6 is 11.6 Å². The average Bonchev–Trinajstić information content (AvgIpc) is 2.46. The Hall–Kier alpha value is -0.770. The zero-order chi connectivity index (χ0) is 15.5. The Morgan fingerprint density at radius 2 is 2.19 bits per heavy atom. The Bertz CT molecular complexity index is 478. The molecule has 0 aliphatic carbocycles. The van der Waals surface area contributed by atoms with Gasteiger partial charge in [0, 0.05) is 43.5 Å². The number of hydrogen-bond acceptors (Lipinski definition) is 3. The van der Waals surface area contributed by atoms with Gasteiger partial charge >= 0.3 is 0 Å². The van der Waals surface area contributed by atoms with Crippen LogP contribution in [0.3, 0.4) is 0 Å². The van der Waals surface area contributed by atoms with Gasteiger partial charge in [-0.1, -0.05) is 31.5 Å². The summed E-state index contributed by atoms with van der Waals surface area (Å²) in [5.74, 6) is 0. The molecule has 2 rings (SSSR count). The number of nitrogens with one attached hydrogen (secondary N) is 1. The molecule has 1 fully saturated rings. The number of piperidine rings is 1. The minimum absolute atomic E-state index is 0.0530. The molecule has 0 radical (unpaired) electrons. The number of nitrogens with zero attached hydrogens (tertiary/aromatic N) is 1. The Morgan fingerprint density at radius 3 is 2.81 bits per heavy atom. The first kappa shape index (κ1) is 16.6. The molecular formula is C17H27ClN2O. The van der Waals surface area contributed by atoms with Crippen molar-refractivity contribution in [2.45, 2.75) is 51.8 Å². The van der Waals surface area contributed by atoms with E-state index in [0.717, 1.165) is 43.1 Å². The first-order valence-electron chi connectivity index (χ1n) is 7.75. The van der Waals surface area contributed by atoms with Crippen molar-refractivity contribution < 1.29 is 4.74 Å². The molecule has 1 unspecified atom stereocenters. The highest BCUT2D eigenvalue weighted by Crippen LogP contribution is 2.30. The van der Waals surface area contributed by atoms with Crippen molar-refractivity contribution in [3.8, 4) is 0 Å². The summed E-state index contributed by atoms with van der Waals surface area (Å²) in [6, 6.07) is 6.85. The fraction of sp³-hybridized carbons (Fsp3) is 0.647. The van der Waals surface area contributed by atoms with Crippen molar-refractivity contribution in [2.24, 2.45) is 0 Å². The van der Waals surface area contributed by atoms with Gasteiger partial charge in [0.1, 0.15) is 0 Å². The number of methoxy groups -OCH3 is 1. The maximum atomic E-state index is 6.44. The van der Waals surface area contributed by atoms with Crippen molar-refractivity contribution >= 4 is 17.3 Å². The number of benzene rings is 1. The predicted molar refractivity (Wildman–Crippen MR) is 90.3 cm³/mol. The van der Waals surface area contributed by atoms with E-state index >= 15 is 0 Å². The monoisotopic (exact) mass is 310 g/mol. The SMILES string of the molecule is COC1(C)CCCN(c2ccc(CNC(C)C)c(Cl)c2)C1. The molecule has 1 aromatic rings. The molecule has 1 saturated heterocycles. The van der Waals surface area contributed by atoms with Crippen LogP contribution in [0.5, 0.6) is 0 Å². The molecule has 21 heavy (non-hydrogen) atoms. The number of anilines is 1. The van der Waals surface area contributed by atoms with Gasteiger partial charge in [-0.25, -0.2) is 0 Å². The summed E-state index contributed by atoms with van der Waals surface area (Å²) >= 11 is 6.44. The zero-order valence-corrected chi connectivity index (χ0v) is 14.3. The molecule has 0 aromatic heterocycles. The second-order valence-corrected chi connectivity index (χ2v) is 6.90. The van der Waals surface area contributed by atoms with Crippen LogP contribution in [0.2, 0.25) is 5.02 Å². The topological polar surface area (TPSA) is 24.5 Å². The lowest BCUT2D eigenvalue weighted by atomic mass is 9.94. The Labute approximate surface area is 133 Å². The van der Waals surface area contributed by atoms with Crippen LogP contribution < -0.4 is 10.2 Å². The smallest absolute Gasteiger partial charge is 0.0825 e. The fourth-order valence-electron chi connectivity index (χ4n) is 2.78. The maximum Gasteiger partial charge on any atom is 0.0825 e. The molecule has 0 saturated carbocycles. The summed E-state index contributed by atoms with van der Waals surface area (Å²) in [6.45, 7) is 9.26. The van der Waals surface area contributed by atoms with E-state index in [-0.39, 0.29) is 5.60 Å². The molecule has 1 heterocycles. The van der Waals surface area contributed by atoms with Crippen LogP contribution in [0, 0.1) is 0 Å². The van der Waals surface area contributed by atoms with Gasteiger partial charge in [0.15, 0.2) is 0 Å². The van der Waals surface area contributed by atoms with Crippen LogP contribution in [-0.2, 0) is 11.3 Å². The molecule has 0 spiro atoms. The average molecular weight is 311 g/mol. The number of halogens is 1. The summed E-state index contributed by atoms with van der Waals surface area (Å²) in [7, 11) is 1.80. The van der Waals surface area contributed by atoms with Crippen molar-refractivity contribution in [1.82, 2.24) is 5.32 Å². The fourth-order valence-corrected chi connectivity index (χ4v) is 3.02. The molecule has 4 heteroatoms. The third-order valence-corrected chi connectivity index (χ3v) is 4.61. The summed E-state index contributed by atoms with van der Waals surface area (Å²) in [5.41, 5.74) is 2.29. The number of ether oxygens (including phenoxy) is 1. The van der Waals surface area contributed by atoms with E-state index in [0.29, 0.717) is 6.04 Å². The van der Waals surface area contributed by atoms with E-state index in [1.165, 1.54) is 5.69 Å². The highest BCUT2D eigenvalue weighted by molar-refractivity contribution is 6.31. The van der Waals surface area contributed by atoms with Gasteiger partial charge < -0.3 is 15.0 Å². The van der Waals surface area contributed by atoms with Crippen LogP contribution in [0.4, 0.5) is 5.69 Å². The number of rotatable bonds is 5. The summed E-state index contributed by atoms with van der Waals surface area (Å²) in [4.78, 5) is 2.37. The van der Waals surface area contributed by atoms with E-state index in [1.54, 1.807) is 7.11 Å². The van der Waals surface area contributed by atoms with Crippen molar-refractivity contribution in [3.63, 3.8) is 0 Å². The zero-order valence-electron chi connectivity index (χ0n) is 13.6. The van der Waals surface area contributed by atoms with E-state index in [9.17, 15) is 0 Å². The molecule has 1 aliphatic heterocycles. The lowest BCUT2D eigenvalue weighted by molar-refractivity contribution is -0.00465. The first-order chi connectivity index (χ1) is 9.93. The normalized spacial score (nSPS) is 22.9. The molecular weight excluding hydrogens is 284 g/mol. The van der Waals surface area contributed by atoms with Crippen LogP contribution in [0.25, 0.3) is 0 Å². The first-order valence-corrected chi connectivity index (χ1v) is 8.13. The maximum absolute atomic E-state index is 6.44. The molecule has 118 valence electrons. The van der Waals surface area contributed by atoms with E-state index in [4.69, 9.17) is 16.3 Å². The van der Waals surface area contributed by atoms with Gasteiger partial charge in [-0.2, -0.15) is 0 Å².